The molecular formula is C22H21NO3. The van der Waals surface area contributed by atoms with Crippen molar-refractivity contribution in [2.24, 2.45) is 0 Å². The van der Waals surface area contributed by atoms with Gasteiger partial charge in [-0.05, 0) is 73.5 Å². The van der Waals surface area contributed by atoms with E-state index in [0.29, 0.717) is 17.1 Å². The van der Waals surface area contributed by atoms with Crippen molar-refractivity contribution in [3.8, 4) is 17.2 Å². The van der Waals surface area contributed by atoms with E-state index in [-0.39, 0.29) is 5.91 Å². The third kappa shape index (κ3) is 4.03. The van der Waals surface area contributed by atoms with Crippen LogP contribution in [-0.4, -0.2) is 13.0 Å². The van der Waals surface area contributed by atoms with Crippen LogP contribution in [-0.2, 0) is 0 Å². The van der Waals surface area contributed by atoms with E-state index >= 15 is 0 Å². The van der Waals surface area contributed by atoms with Crippen LogP contribution in [0.2, 0.25) is 0 Å². The third-order valence-corrected chi connectivity index (χ3v) is 4.13. The maximum Gasteiger partial charge on any atom is 0.255 e. The number of ether oxygens (including phenoxy) is 2. The van der Waals surface area contributed by atoms with Crippen LogP contribution in [0.5, 0.6) is 17.2 Å². The summed E-state index contributed by atoms with van der Waals surface area (Å²) in [5, 5.41) is 2.98. The lowest BCUT2D eigenvalue weighted by Gasteiger charge is -2.12. The lowest BCUT2D eigenvalue weighted by atomic mass is 10.1. The number of methoxy groups -OCH3 is 1. The van der Waals surface area contributed by atoms with E-state index in [2.05, 4.69) is 5.32 Å². The van der Waals surface area contributed by atoms with Crippen molar-refractivity contribution in [3.63, 3.8) is 0 Å². The number of amides is 1. The van der Waals surface area contributed by atoms with Gasteiger partial charge in [-0.15, -0.1) is 0 Å². The fourth-order valence-electron chi connectivity index (χ4n) is 2.65. The van der Waals surface area contributed by atoms with E-state index in [1.165, 1.54) is 0 Å². The summed E-state index contributed by atoms with van der Waals surface area (Å²) in [6.07, 6.45) is 0. The Morgan fingerprint density at radius 2 is 1.27 bits per heavy atom. The summed E-state index contributed by atoms with van der Waals surface area (Å²) >= 11 is 0. The van der Waals surface area contributed by atoms with Gasteiger partial charge < -0.3 is 14.8 Å². The normalized spacial score (nSPS) is 10.3. The fourth-order valence-corrected chi connectivity index (χ4v) is 2.65. The van der Waals surface area contributed by atoms with E-state index in [9.17, 15) is 4.79 Å². The largest absolute Gasteiger partial charge is 0.497 e. The summed E-state index contributed by atoms with van der Waals surface area (Å²) in [7, 11) is 1.62. The van der Waals surface area contributed by atoms with Gasteiger partial charge in [0.05, 0.1) is 7.11 Å². The number of hydrogen-bond acceptors (Lipinski definition) is 3. The molecule has 0 aromatic heterocycles. The molecule has 0 bridgehead atoms. The minimum atomic E-state index is -0.140. The van der Waals surface area contributed by atoms with Gasteiger partial charge in [0.15, 0.2) is 0 Å². The number of benzene rings is 3. The number of anilines is 1. The standard InChI is InChI=1S/C22H21NO3/c1-15-5-4-6-16(2)21(15)23-22(24)17-7-9-19(10-8-17)26-20-13-11-18(25-3)12-14-20/h4-14H,1-3H3,(H,23,24). The zero-order valence-electron chi connectivity index (χ0n) is 15.1. The monoisotopic (exact) mass is 347 g/mol. The summed E-state index contributed by atoms with van der Waals surface area (Å²) in [6.45, 7) is 3.96. The van der Waals surface area contributed by atoms with Crippen LogP contribution in [0.25, 0.3) is 0 Å². The molecular weight excluding hydrogens is 326 g/mol. The van der Waals surface area contributed by atoms with Gasteiger partial charge in [0.25, 0.3) is 5.91 Å². The summed E-state index contributed by atoms with van der Waals surface area (Å²) in [6, 6.07) is 20.3. The molecule has 3 aromatic carbocycles. The highest BCUT2D eigenvalue weighted by molar-refractivity contribution is 6.05. The second-order valence-electron chi connectivity index (χ2n) is 6.02. The molecule has 0 heterocycles. The van der Waals surface area contributed by atoms with Gasteiger partial charge in [-0.1, -0.05) is 18.2 Å². The van der Waals surface area contributed by atoms with Gasteiger partial charge in [0, 0.05) is 11.3 Å². The first-order chi connectivity index (χ1) is 12.6. The summed E-state index contributed by atoms with van der Waals surface area (Å²) in [5.74, 6) is 2.01. The number of carbonyl (C=O) groups is 1. The Morgan fingerprint density at radius 3 is 1.81 bits per heavy atom. The van der Waals surface area contributed by atoms with Crippen LogP contribution >= 0.6 is 0 Å². The molecule has 0 fully saturated rings. The molecule has 4 nitrogen and oxygen atoms in total. The van der Waals surface area contributed by atoms with Crippen LogP contribution in [0.3, 0.4) is 0 Å². The molecule has 0 saturated heterocycles. The van der Waals surface area contributed by atoms with Crippen molar-refractivity contribution in [2.75, 3.05) is 12.4 Å². The zero-order chi connectivity index (χ0) is 18.5. The minimum absolute atomic E-state index is 0.140. The highest BCUT2D eigenvalue weighted by Gasteiger charge is 2.10. The van der Waals surface area contributed by atoms with E-state index in [4.69, 9.17) is 9.47 Å². The predicted octanol–water partition coefficient (Wildman–Crippen LogP) is 5.36. The average molecular weight is 347 g/mol. The number of aryl methyl sites for hydroxylation is 2. The molecule has 3 rings (SSSR count). The third-order valence-electron chi connectivity index (χ3n) is 4.13. The molecule has 1 N–H and O–H groups in total. The molecule has 4 heteroatoms. The van der Waals surface area contributed by atoms with Crippen LogP contribution in [0.4, 0.5) is 5.69 Å². The molecule has 0 unspecified atom stereocenters. The van der Waals surface area contributed by atoms with Gasteiger partial charge in [-0.25, -0.2) is 0 Å². The molecule has 132 valence electrons. The summed E-state index contributed by atoms with van der Waals surface area (Å²) < 4.78 is 10.9. The molecule has 0 aliphatic rings. The second kappa shape index (κ2) is 7.74. The Balaban J connectivity index is 1.69. The number of nitrogens with one attached hydrogen (secondary N) is 1. The Morgan fingerprint density at radius 1 is 0.769 bits per heavy atom. The minimum Gasteiger partial charge on any atom is -0.497 e. The molecule has 0 spiro atoms. The van der Waals surface area contributed by atoms with Gasteiger partial charge in [0.2, 0.25) is 0 Å². The first-order valence-electron chi connectivity index (χ1n) is 8.36. The van der Waals surface area contributed by atoms with E-state index in [1.54, 1.807) is 31.4 Å². The number of para-hydroxylation sites is 1. The smallest absolute Gasteiger partial charge is 0.255 e. The van der Waals surface area contributed by atoms with Gasteiger partial charge in [0.1, 0.15) is 17.2 Å². The van der Waals surface area contributed by atoms with Crippen molar-refractivity contribution in [1.82, 2.24) is 0 Å². The lowest BCUT2D eigenvalue weighted by molar-refractivity contribution is 0.102. The molecule has 0 atom stereocenters. The molecule has 26 heavy (non-hydrogen) atoms. The lowest BCUT2D eigenvalue weighted by Crippen LogP contribution is -2.13. The zero-order valence-corrected chi connectivity index (χ0v) is 15.1. The van der Waals surface area contributed by atoms with E-state index in [1.807, 2.05) is 56.3 Å². The van der Waals surface area contributed by atoms with E-state index < -0.39 is 0 Å². The van der Waals surface area contributed by atoms with E-state index in [0.717, 1.165) is 22.6 Å². The van der Waals surface area contributed by atoms with Crippen LogP contribution in [0.15, 0.2) is 66.7 Å². The van der Waals surface area contributed by atoms with Crippen molar-refractivity contribution in [1.29, 1.82) is 0 Å². The Bertz CT molecular complexity index is 879. The number of hydrogen-bond donors (Lipinski definition) is 1. The predicted molar refractivity (Wildman–Crippen MR) is 103 cm³/mol. The Kier molecular flexibility index (Phi) is 5.23. The topological polar surface area (TPSA) is 47.6 Å². The average Bonchev–Trinajstić information content (AvgIpc) is 2.66. The molecule has 1 amide bonds. The maximum absolute atomic E-state index is 12.5. The number of carbonyl (C=O) groups excluding carboxylic acids is 1. The Labute approximate surface area is 153 Å². The van der Waals surface area contributed by atoms with Crippen LogP contribution in [0.1, 0.15) is 21.5 Å². The summed E-state index contributed by atoms with van der Waals surface area (Å²) in [4.78, 5) is 12.5. The highest BCUT2D eigenvalue weighted by atomic mass is 16.5. The maximum atomic E-state index is 12.5. The van der Waals surface area contributed by atoms with Gasteiger partial charge in [-0.2, -0.15) is 0 Å². The highest BCUT2D eigenvalue weighted by Crippen LogP contribution is 2.25. The van der Waals surface area contributed by atoms with Crippen molar-refractivity contribution in [3.05, 3.63) is 83.4 Å². The fraction of sp³-hybridized carbons (Fsp3) is 0.136. The molecule has 0 aliphatic carbocycles. The van der Waals surface area contributed by atoms with Crippen molar-refractivity contribution < 1.29 is 14.3 Å². The SMILES string of the molecule is COc1ccc(Oc2ccc(C(=O)Nc3c(C)cccc3C)cc2)cc1. The Hall–Kier alpha value is -3.27. The first kappa shape index (κ1) is 17.5. The molecule has 0 radical (unpaired) electrons. The molecule has 0 aliphatic heterocycles. The van der Waals surface area contributed by atoms with Crippen LogP contribution in [0, 0.1) is 13.8 Å². The first-order valence-corrected chi connectivity index (χ1v) is 8.36. The second-order valence-corrected chi connectivity index (χ2v) is 6.02. The van der Waals surface area contributed by atoms with Crippen LogP contribution < -0.4 is 14.8 Å². The summed E-state index contributed by atoms with van der Waals surface area (Å²) in [5.41, 5.74) is 3.52. The quantitative estimate of drug-likeness (QED) is 0.676. The van der Waals surface area contributed by atoms with Gasteiger partial charge >= 0.3 is 0 Å². The number of rotatable bonds is 5. The van der Waals surface area contributed by atoms with Gasteiger partial charge in [-0.3, -0.25) is 4.79 Å². The van der Waals surface area contributed by atoms with Crippen molar-refractivity contribution in [2.45, 2.75) is 13.8 Å². The molecule has 0 saturated carbocycles. The van der Waals surface area contributed by atoms with Crippen molar-refractivity contribution >= 4 is 11.6 Å². The molecule has 3 aromatic rings.